The van der Waals surface area contributed by atoms with Crippen LogP contribution in [0.5, 0.6) is 5.75 Å². The summed E-state index contributed by atoms with van der Waals surface area (Å²) in [6, 6.07) is 23.3. The van der Waals surface area contributed by atoms with Crippen LogP contribution < -0.4 is 9.50 Å². The van der Waals surface area contributed by atoms with Gasteiger partial charge < -0.3 is 19.3 Å². The quantitative estimate of drug-likeness (QED) is 0.0924. The Morgan fingerprint density at radius 3 is 2.23 bits per heavy atom. The van der Waals surface area contributed by atoms with Crippen LogP contribution in [0.2, 0.25) is 0 Å². The summed E-state index contributed by atoms with van der Waals surface area (Å²) in [4.78, 5) is 49.9. The van der Waals surface area contributed by atoms with Crippen molar-refractivity contribution in [2.24, 2.45) is 0 Å². The topological polar surface area (TPSA) is 182 Å². The van der Waals surface area contributed by atoms with E-state index in [0.29, 0.717) is 11.1 Å². The summed E-state index contributed by atoms with van der Waals surface area (Å²) in [6.07, 6.45) is 0. The lowest BCUT2D eigenvalue weighted by Crippen LogP contribution is -2.47. The van der Waals surface area contributed by atoms with E-state index in [-0.39, 0.29) is 41.3 Å². The highest BCUT2D eigenvalue weighted by molar-refractivity contribution is 7.87. The van der Waals surface area contributed by atoms with Crippen molar-refractivity contribution >= 4 is 33.8 Å². The second-order valence-corrected chi connectivity index (χ2v) is 11.8. The number of nitrogens with one attached hydrogen (secondary N) is 1. The molecule has 0 saturated heterocycles. The Morgan fingerprint density at radius 2 is 1.55 bits per heavy atom. The zero-order valence-corrected chi connectivity index (χ0v) is 25.5. The number of esters is 1. The molecule has 1 atom stereocenters. The van der Waals surface area contributed by atoms with Crippen molar-refractivity contribution in [1.29, 1.82) is 0 Å². The molecule has 4 aromatic carbocycles. The highest BCUT2D eigenvalue weighted by Crippen LogP contribution is 2.38. The molecule has 0 radical (unpaired) electrons. The number of ether oxygens (including phenoxy) is 1. The molecule has 1 heterocycles. The van der Waals surface area contributed by atoms with E-state index in [2.05, 4.69) is 5.32 Å². The Morgan fingerprint density at radius 1 is 0.915 bits per heavy atom. The zero-order valence-electron chi connectivity index (χ0n) is 24.7. The Hall–Kier alpha value is -6.02. The van der Waals surface area contributed by atoms with Crippen molar-refractivity contribution < 1.29 is 41.8 Å². The minimum Gasteiger partial charge on any atom is -0.478 e. The van der Waals surface area contributed by atoms with Crippen molar-refractivity contribution in [3.8, 4) is 5.75 Å². The minimum atomic E-state index is -4.76. The van der Waals surface area contributed by atoms with E-state index >= 15 is 0 Å². The predicted octanol–water partition coefficient (Wildman–Crippen LogP) is 5.34. The lowest BCUT2D eigenvalue weighted by atomic mass is 9.94. The Kier molecular flexibility index (Phi) is 9.33. The largest absolute Gasteiger partial charge is 0.478 e. The number of benzene rings is 4. The maximum atomic E-state index is 13.8. The van der Waals surface area contributed by atoms with Gasteiger partial charge in [-0.15, -0.1) is 0 Å². The fourth-order valence-electron chi connectivity index (χ4n) is 4.98. The molecule has 13 nitrogen and oxygen atoms in total. The van der Waals surface area contributed by atoms with Gasteiger partial charge >= 0.3 is 28.1 Å². The standard InChI is InChI=1S/C33H27N3O10S/c1-21-29(32(39)45-20-23-9-3-2-4-10-23)30(34-33(40)35(21)19-22-15-17-24(18-16-22)31(37)38)25-11-5-7-13-27(25)46-47(43,44)28-14-8-6-12-26(28)36(41)42/h2-18,30H,19-20H2,1H3,(H,34,40)(H,37,38). The molecule has 1 unspecified atom stereocenters. The number of carboxylic acid groups (broad SMARTS) is 1. The van der Waals surface area contributed by atoms with Gasteiger partial charge in [0.1, 0.15) is 12.4 Å². The van der Waals surface area contributed by atoms with Gasteiger partial charge in [0.15, 0.2) is 4.90 Å². The van der Waals surface area contributed by atoms with Gasteiger partial charge in [0.2, 0.25) is 0 Å². The van der Waals surface area contributed by atoms with E-state index in [9.17, 15) is 38.0 Å². The molecule has 1 aliphatic heterocycles. The van der Waals surface area contributed by atoms with E-state index < -0.39 is 49.6 Å². The number of aromatic carboxylic acids is 1. The number of para-hydroxylation sites is 2. The molecule has 14 heteroatoms. The van der Waals surface area contributed by atoms with Gasteiger partial charge in [-0.2, -0.15) is 8.42 Å². The number of urea groups is 1. The summed E-state index contributed by atoms with van der Waals surface area (Å²) >= 11 is 0. The summed E-state index contributed by atoms with van der Waals surface area (Å²) in [5, 5.41) is 23.5. The first-order valence-corrected chi connectivity index (χ1v) is 15.5. The second kappa shape index (κ2) is 13.5. The molecular formula is C33H27N3O10S. The Bertz CT molecular complexity index is 1990. The maximum Gasteiger partial charge on any atom is 0.346 e. The number of allylic oxidation sites excluding steroid dienone is 1. The molecule has 240 valence electrons. The van der Waals surface area contributed by atoms with Crippen molar-refractivity contribution in [2.75, 3.05) is 0 Å². The average Bonchev–Trinajstić information content (AvgIpc) is 3.06. The van der Waals surface area contributed by atoms with Crippen molar-refractivity contribution in [1.82, 2.24) is 10.2 Å². The highest BCUT2D eigenvalue weighted by atomic mass is 32.2. The van der Waals surface area contributed by atoms with Gasteiger partial charge in [0, 0.05) is 17.3 Å². The highest BCUT2D eigenvalue weighted by Gasteiger charge is 2.39. The van der Waals surface area contributed by atoms with Crippen LogP contribution in [0.4, 0.5) is 10.5 Å². The van der Waals surface area contributed by atoms with Crippen LogP contribution in [0, 0.1) is 10.1 Å². The van der Waals surface area contributed by atoms with Gasteiger partial charge in [0.05, 0.1) is 28.6 Å². The van der Waals surface area contributed by atoms with Crippen LogP contribution in [-0.2, 0) is 32.8 Å². The van der Waals surface area contributed by atoms with Crippen molar-refractivity contribution in [3.63, 3.8) is 0 Å². The number of nitro groups is 1. The molecule has 0 fully saturated rings. The normalized spacial score (nSPS) is 14.7. The van der Waals surface area contributed by atoms with E-state index in [1.807, 2.05) is 0 Å². The number of nitro benzene ring substituents is 1. The summed E-state index contributed by atoms with van der Waals surface area (Å²) in [6.45, 7) is 1.39. The van der Waals surface area contributed by atoms with Crippen LogP contribution in [0.25, 0.3) is 0 Å². The third-order valence-corrected chi connectivity index (χ3v) is 8.61. The fraction of sp³-hybridized carbons (Fsp3) is 0.121. The van der Waals surface area contributed by atoms with E-state index in [4.69, 9.17) is 8.92 Å². The lowest BCUT2D eigenvalue weighted by molar-refractivity contribution is -0.387. The number of carboxylic acids is 1. The van der Waals surface area contributed by atoms with Gasteiger partial charge in [0.25, 0.3) is 5.69 Å². The van der Waals surface area contributed by atoms with Gasteiger partial charge in [-0.1, -0.05) is 72.8 Å². The van der Waals surface area contributed by atoms with Crippen molar-refractivity contribution in [2.45, 2.75) is 31.0 Å². The van der Waals surface area contributed by atoms with Crippen LogP contribution in [0.3, 0.4) is 0 Å². The molecule has 1 aliphatic rings. The lowest BCUT2D eigenvalue weighted by Gasteiger charge is -2.36. The third kappa shape index (κ3) is 7.12. The molecule has 2 N–H and O–H groups in total. The van der Waals surface area contributed by atoms with E-state index in [0.717, 1.165) is 12.1 Å². The van der Waals surface area contributed by atoms with Crippen molar-refractivity contribution in [3.05, 3.63) is 147 Å². The van der Waals surface area contributed by atoms with Gasteiger partial charge in [-0.05, 0) is 42.3 Å². The number of carbonyl (C=O) groups excluding carboxylic acids is 2. The molecule has 0 saturated carbocycles. The number of rotatable bonds is 11. The first kappa shape index (κ1) is 32.4. The number of hydrogen-bond donors (Lipinski definition) is 2. The summed E-state index contributed by atoms with van der Waals surface area (Å²) in [5.74, 6) is -2.20. The molecule has 0 aromatic heterocycles. The predicted molar refractivity (Wildman–Crippen MR) is 167 cm³/mol. The van der Waals surface area contributed by atoms with Crippen LogP contribution in [0.15, 0.2) is 119 Å². The summed E-state index contributed by atoms with van der Waals surface area (Å²) < 4.78 is 37.7. The summed E-state index contributed by atoms with van der Waals surface area (Å²) in [7, 11) is -4.76. The first-order valence-electron chi connectivity index (χ1n) is 14.0. The molecule has 4 aromatic rings. The SMILES string of the molecule is CC1=C(C(=O)OCc2ccccc2)C(c2ccccc2OS(=O)(=O)c2ccccc2[N+](=O)[O-])NC(=O)N1Cc1ccc(C(=O)O)cc1. The molecule has 2 amide bonds. The fourth-order valence-corrected chi connectivity index (χ4v) is 6.10. The minimum absolute atomic E-state index is 0.0261. The second-order valence-electron chi connectivity index (χ2n) is 10.3. The van der Waals surface area contributed by atoms with E-state index in [1.165, 1.54) is 54.3 Å². The molecule has 0 spiro atoms. The van der Waals surface area contributed by atoms with E-state index in [1.54, 1.807) is 48.5 Å². The Balaban J connectivity index is 1.55. The third-order valence-electron chi connectivity index (χ3n) is 7.33. The van der Waals surface area contributed by atoms with Crippen LogP contribution >= 0.6 is 0 Å². The number of carbonyl (C=O) groups is 3. The monoisotopic (exact) mass is 657 g/mol. The van der Waals surface area contributed by atoms with Crippen LogP contribution in [-0.4, -0.2) is 41.3 Å². The Labute approximate surface area is 268 Å². The number of amides is 2. The van der Waals surface area contributed by atoms with Gasteiger partial charge in [-0.3, -0.25) is 15.0 Å². The molecule has 0 bridgehead atoms. The molecule has 5 rings (SSSR count). The average molecular weight is 658 g/mol. The van der Waals surface area contributed by atoms with Gasteiger partial charge in [-0.25, -0.2) is 14.4 Å². The summed E-state index contributed by atoms with van der Waals surface area (Å²) in [5.41, 5.74) is 0.867. The van der Waals surface area contributed by atoms with Crippen LogP contribution in [0.1, 0.15) is 40.0 Å². The maximum absolute atomic E-state index is 13.8. The smallest absolute Gasteiger partial charge is 0.346 e. The number of nitrogens with zero attached hydrogens (tertiary/aromatic N) is 2. The molecule has 47 heavy (non-hydrogen) atoms. The molecular weight excluding hydrogens is 630 g/mol. The number of hydrogen-bond acceptors (Lipinski definition) is 9. The first-order chi connectivity index (χ1) is 22.5. The zero-order chi connectivity index (χ0) is 33.7. The molecule has 0 aliphatic carbocycles.